The van der Waals surface area contributed by atoms with Crippen LogP contribution in [0.5, 0.6) is 5.75 Å². The fourth-order valence-corrected chi connectivity index (χ4v) is 2.44. The third kappa shape index (κ3) is 2.36. The van der Waals surface area contributed by atoms with Gasteiger partial charge in [0.25, 0.3) is 11.7 Å². The zero-order valence-electron chi connectivity index (χ0n) is 11.2. The Balaban J connectivity index is 2.00. The molecule has 0 saturated heterocycles. The van der Waals surface area contributed by atoms with Crippen molar-refractivity contribution >= 4 is 29.0 Å². The molecule has 1 aliphatic heterocycles. The Morgan fingerprint density at radius 1 is 1.24 bits per heavy atom. The summed E-state index contributed by atoms with van der Waals surface area (Å²) in [6.45, 7) is 0.186. The molecule has 6 heteroatoms. The van der Waals surface area contributed by atoms with Crippen LogP contribution in [0.1, 0.15) is 16.1 Å². The number of pyridine rings is 1. The first-order valence-corrected chi connectivity index (χ1v) is 6.62. The molecule has 1 amide bonds. The number of benzene rings is 1. The largest absolute Gasteiger partial charge is 0.497 e. The third-order valence-corrected chi connectivity index (χ3v) is 3.51. The number of amides is 1. The van der Waals surface area contributed by atoms with E-state index in [1.54, 1.807) is 36.5 Å². The van der Waals surface area contributed by atoms with Gasteiger partial charge in [-0.1, -0.05) is 11.6 Å². The molecule has 0 spiro atoms. The highest BCUT2D eigenvalue weighted by atomic mass is 35.5. The van der Waals surface area contributed by atoms with Crippen molar-refractivity contribution in [3.05, 3.63) is 52.8 Å². The minimum atomic E-state index is -0.569. The van der Waals surface area contributed by atoms with Gasteiger partial charge in [-0.25, -0.2) is 0 Å². The molecule has 106 valence electrons. The van der Waals surface area contributed by atoms with Crippen LogP contribution in [0.15, 0.2) is 36.5 Å². The summed E-state index contributed by atoms with van der Waals surface area (Å²) in [6.07, 6.45) is 1.56. The number of hydrogen-bond donors (Lipinski definition) is 0. The number of nitrogens with zero attached hydrogens (tertiary/aromatic N) is 2. The van der Waals surface area contributed by atoms with Crippen molar-refractivity contribution < 1.29 is 14.3 Å². The molecule has 21 heavy (non-hydrogen) atoms. The highest BCUT2D eigenvalue weighted by molar-refractivity contribution is 6.52. The minimum Gasteiger partial charge on any atom is -0.497 e. The van der Waals surface area contributed by atoms with Gasteiger partial charge in [0.1, 0.15) is 5.75 Å². The normalized spacial score (nSPS) is 13.5. The first-order valence-electron chi connectivity index (χ1n) is 6.25. The number of anilines is 1. The first-order chi connectivity index (χ1) is 10.1. The summed E-state index contributed by atoms with van der Waals surface area (Å²) in [7, 11) is 1.53. The van der Waals surface area contributed by atoms with E-state index in [-0.39, 0.29) is 6.54 Å². The van der Waals surface area contributed by atoms with Gasteiger partial charge in [0.2, 0.25) is 0 Å². The smallest absolute Gasteiger partial charge is 0.299 e. The molecule has 0 bridgehead atoms. The molecule has 0 saturated carbocycles. The molecule has 0 unspecified atom stereocenters. The molecule has 5 nitrogen and oxygen atoms in total. The summed E-state index contributed by atoms with van der Waals surface area (Å²) in [5.41, 5.74) is 1.52. The lowest BCUT2D eigenvalue weighted by atomic mass is 10.1. The van der Waals surface area contributed by atoms with E-state index in [9.17, 15) is 9.59 Å². The van der Waals surface area contributed by atoms with Crippen molar-refractivity contribution in [3.63, 3.8) is 0 Å². The maximum Gasteiger partial charge on any atom is 0.299 e. The summed E-state index contributed by atoms with van der Waals surface area (Å²) in [4.78, 5) is 29.7. The monoisotopic (exact) mass is 302 g/mol. The van der Waals surface area contributed by atoms with E-state index in [0.29, 0.717) is 27.7 Å². The summed E-state index contributed by atoms with van der Waals surface area (Å²) in [5.74, 6) is -0.505. The summed E-state index contributed by atoms with van der Waals surface area (Å²) in [6, 6.07) is 8.24. The van der Waals surface area contributed by atoms with Gasteiger partial charge in [0.05, 0.1) is 30.6 Å². The number of aromatic nitrogens is 1. The maximum atomic E-state index is 12.1. The van der Waals surface area contributed by atoms with Crippen molar-refractivity contribution in [3.8, 4) is 5.75 Å². The van der Waals surface area contributed by atoms with Gasteiger partial charge in [-0.2, -0.15) is 0 Å². The van der Waals surface area contributed by atoms with E-state index in [1.807, 2.05) is 0 Å². The standard InChI is InChI=1S/C15H11ClN2O3/c1-21-11-2-3-12-13(7-11)18(15(20)14(12)19)8-10-6-9(16)4-5-17-10/h2-7H,8H2,1H3. The van der Waals surface area contributed by atoms with Gasteiger partial charge in [-0.3, -0.25) is 19.5 Å². The van der Waals surface area contributed by atoms with Crippen LogP contribution in [0.4, 0.5) is 5.69 Å². The number of Topliss-reactive ketones (excluding diaryl/α,β-unsaturated/α-hetero) is 1. The number of carbonyl (C=O) groups excluding carboxylic acids is 2. The second-order valence-corrected chi connectivity index (χ2v) is 5.01. The maximum absolute atomic E-state index is 12.1. The molecule has 3 rings (SSSR count). The molecule has 1 aliphatic rings. The topological polar surface area (TPSA) is 59.5 Å². The zero-order valence-corrected chi connectivity index (χ0v) is 11.9. The Morgan fingerprint density at radius 3 is 2.76 bits per heavy atom. The van der Waals surface area contributed by atoms with E-state index >= 15 is 0 Å². The fourth-order valence-electron chi connectivity index (χ4n) is 2.26. The van der Waals surface area contributed by atoms with Crippen LogP contribution >= 0.6 is 11.6 Å². The number of hydrogen-bond acceptors (Lipinski definition) is 4. The van der Waals surface area contributed by atoms with Crippen molar-refractivity contribution in [2.75, 3.05) is 12.0 Å². The average Bonchev–Trinajstić information content (AvgIpc) is 2.72. The van der Waals surface area contributed by atoms with Crippen LogP contribution in [-0.2, 0) is 11.3 Å². The van der Waals surface area contributed by atoms with E-state index in [4.69, 9.17) is 16.3 Å². The van der Waals surface area contributed by atoms with Gasteiger partial charge in [0, 0.05) is 17.3 Å². The van der Waals surface area contributed by atoms with Gasteiger partial charge in [-0.15, -0.1) is 0 Å². The predicted octanol–water partition coefficient (Wildman–Crippen LogP) is 2.47. The first kappa shape index (κ1) is 13.6. The van der Waals surface area contributed by atoms with Crippen LogP contribution < -0.4 is 9.64 Å². The number of methoxy groups -OCH3 is 1. The fraction of sp³-hybridized carbons (Fsp3) is 0.133. The average molecular weight is 303 g/mol. The van der Waals surface area contributed by atoms with Crippen molar-refractivity contribution in [1.82, 2.24) is 4.98 Å². The van der Waals surface area contributed by atoms with Crippen LogP contribution in [0.2, 0.25) is 5.02 Å². The third-order valence-electron chi connectivity index (χ3n) is 3.28. The summed E-state index contributed by atoms with van der Waals surface area (Å²) < 4.78 is 5.14. The van der Waals surface area contributed by atoms with E-state index < -0.39 is 11.7 Å². The highest BCUT2D eigenvalue weighted by Gasteiger charge is 2.36. The van der Waals surface area contributed by atoms with Gasteiger partial charge in [-0.05, 0) is 24.3 Å². The Bertz CT molecular complexity index is 745. The van der Waals surface area contributed by atoms with E-state index in [1.165, 1.54) is 12.0 Å². The molecule has 0 N–H and O–H groups in total. The van der Waals surface area contributed by atoms with Crippen LogP contribution in [0.25, 0.3) is 0 Å². The molecular weight excluding hydrogens is 292 g/mol. The Kier molecular flexibility index (Phi) is 3.35. The molecule has 1 aromatic carbocycles. The number of halogens is 1. The van der Waals surface area contributed by atoms with Crippen LogP contribution in [0.3, 0.4) is 0 Å². The second-order valence-electron chi connectivity index (χ2n) is 4.57. The molecule has 0 aliphatic carbocycles. The lowest BCUT2D eigenvalue weighted by Crippen LogP contribution is -2.29. The highest BCUT2D eigenvalue weighted by Crippen LogP contribution is 2.33. The van der Waals surface area contributed by atoms with Crippen molar-refractivity contribution in [1.29, 1.82) is 0 Å². The van der Waals surface area contributed by atoms with Crippen LogP contribution in [0, 0.1) is 0 Å². The molecule has 0 fully saturated rings. The number of ketones is 1. The Labute approximate surface area is 126 Å². The number of carbonyl (C=O) groups is 2. The molecule has 0 radical (unpaired) electrons. The lowest BCUT2D eigenvalue weighted by Gasteiger charge is -2.16. The predicted molar refractivity (Wildman–Crippen MR) is 77.8 cm³/mol. The number of fused-ring (bicyclic) bond motifs is 1. The Morgan fingerprint density at radius 2 is 2.05 bits per heavy atom. The molecule has 0 atom stereocenters. The van der Waals surface area contributed by atoms with E-state index in [2.05, 4.69) is 4.98 Å². The SMILES string of the molecule is COc1ccc2c(c1)N(Cc1cc(Cl)ccn1)C(=O)C2=O. The number of ether oxygens (including phenoxy) is 1. The van der Waals surface area contributed by atoms with Gasteiger partial charge in [0.15, 0.2) is 0 Å². The Hall–Kier alpha value is -2.40. The molecule has 2 aromatic rings. The van der Waals surface area contributed by atoms with Crippen LogP contribution in [-0.4, -0.2) is 23.8 Å². The second kappa shape index (κ2) is 5.18. The zero-order chi connectivity index (χ0) is 15.0. The summed E-state index contributed by atoms with van der Waals surface area (Å²) >= 11 is 5.91. The number of rotatable bonds is 3. The quantitative estimate of drug-likeness (QED) is 0.817. The van der Waals surface area contributed by atoms with Gasteiger partial charge >= 0.3 is 0 Å². The van der Waals surface area contributed by atoms with Crippen molar-refractivity contribution in [2.45, 2.75) is 6.54 Å². The molecular formula is C15H11ClN2O3. The van der Waals surface area contributed by atoms with Gasteiger partial charge < -0.3 is 4.74 Å². The van der Waals surface area contributed by atoms with E-state index in [0.717, 1.165) is 0 Å². The lowest BCUT2D eigenvalue weighted by molar-refractivity contribution is -0.114. The molecule has 1 aromatic heterocycles. The summed E-state index contributed by atoms with van der Waals surface area (Å²) in [5, 5.41) is 0.531. The minimum absolute atomic E-state index is 0.186. The molecule has 2 heterocycles. The van der Waals surface area contributed by atoms with Crippen molar-refractivity contribution in [2.24, 2.45) is 0 Å².